The summed E-state index contributed by atoms with van der Waals surface area (Å²) < 4.78 is 20.5. The number of aromatic amines is 1. The van der Waals surface area contributed by atoms with Crippen molar-refractivity contribution in [2.75, 3.05) is 26.5 Å². The zero-order valence-corrected chi connectivity index (χ0v) is 23.3. The minimum Gasteiger partial charge on any atom is -0.453 e. The highest BCUT2D eigenvalue weighted by Crippen LogP contribution is 2.23. The van der Waals surface area contributed by atoms with Crippen LogP contribution in [0, 0.1) is 11.7 Å². The number of amides is 3. The number of hydrogen-bond donors (Lipinski definition) is 3. The highest BCUT2D eigenvalue weighted by Gasteiger charge is 2.22. The molecule has 11 nitrogen and oxygen atoms in total. The highest BCUT2D eigenvalue weighted by molar-refractivity contribution is 5.96. The second-order valence-corrected chi connectivity index (χ2v) is 9.98. The van der Waals surface area contributed by atoms with E-state index in [1.165, 1.54) is 34.9 Å². The third-order valence-corrected chi connectivity index (χ3v) is 6.09. The molecule has 12 heteroatoms. The zero-order chi connectivity index (χ0) is 29.4. The molecule has 1 atom stereocenters. The third-order valence-electron chi connectivity index (χ3n) is 6.09. The quantitative estimate of drug-likeness (QED) is 0.311. The van der Waals surface area contributed by atoms with Crippen LogP contribution in [0.4, 0.5) is 14.9 Å². The standard InChI is InChI=1S/C28H35FN6O5/c1-17(2)13-23-25-19(20(29)15-30-23)14-18(31-25)16-35-12-8-10-22(27(35)38)32-26(37)21(33-28(39)40-5)9-6-7-11-24(36)34(3)4/h7-8,10-12,14-15,17,21,31H,6,9,13,16H2,1-5H3,(H,32,37)(H,33,39). The number of pyridine rings is 2. The first-order valence-electron chi connectivity index (χ1n) is 12.9. The first kappa shape index (κ1) is 30.1. The number of nitrogens with zero attached hydrogens (tertiary/aromatic N) is 3. The summed E-state index contributed by atoms with van der Waals surface area (Å²) in [6, 6.07) is 3.68. The molecule has 40 heavy (non-hydrogen) atoms. The summed E-state index contributed by atoms with van der Waals surface area (Å²) in [5, 5.41) is 5.43. The Morgan fingerprint density at radius 2 is 2.02 bits per heavy atom. The smallest absolute Gasteiger partial charge is 0.407 e. The van der Waals surface area contributed by atoms with Crippen molar-refractivity contribution in [3.8, 4) is 0 Å². The Kier molecular flexibility index (Phi) is 10.2. The van der Waals surface area contributed by atoms with Crippen LogP contribution in [0.5, 0.6) is 0 Å². The lowest BCUT2D eigenvalue weighted by Gasteiger charge is -2.17. The van der Waals surface area contributed by atoms with Crippen molar-refractivity contribution in [2.24, 2.45) is 5.92 Å². The van der Waals surface area contributed by atoms with E-state index in [1.807, 2.05) is 13.8 Å². The number of alkyl carbamates (subject to hydrolysis) is 1. The number of halogens is 1. The molecule has 3 aromatic rings. The van der Waals surface area contributed by atoms with Crippen LogP contribution < -0.4 is 16.2 Å². The van der Waals surface area contributed by atoms with Gasteiger partial charge in [0.25, 0.3) is 5.56 Å². The van der Waals surface area contributed by atoms with E-state index in [0.717, 1.165) is 5.69 Å². The van der Waals surface area contributed by atoms with Gasteiger partial charge in [-0.3, -0.25) is 19.4 Å². The summed E-state index contributed by atoms with van der Waals surface area (Å²) in [6.45, 7) is 4.20. The molecule has 0 spiro atoms. The first-order valence-corrected chi connectivity index (χ1v) is 12.9. The van der Waals surface area contributed by atoms with Crippen LogP contribution in [0.25, 0.3) is 10.9 Å². The van der Waals surface area contributed by atoms with E-state index in [4.69, 9.17) is 0 Å². The van der Waals surface area contributed by atoms with Gasteiger partial charge in [0, 0.05) is 31.4 Å². The Hall–Kier alpha value is -4.48. The molecular formula is C28H35FN6O5. The largest absolute Gasteiger partial charge is 0.453 e. The van der Waals surface area contributed by atoms with Crippen LogP contribution in [0.3, 0.4) is 0 Å². The number of rotatable bonds is 11. The number of anilines is 1. The Labute approximate surface area is 231 Å². The molecule has 3 aromatic heterocycles. The van der Waals surface area contributed by atoms with Gasteiger partial charge in [0.15, 0.2) is 5.82 Å². The fourth-order valence-corrected chi connectivity index (χ4v) is 4.05. The van der Waals surface area contributed by atoms with Gasteiger partial charge in [0.05, 0.1) is 31.1 Å². The van der Waals surface area contributed by atoms with Gasteiger partial charge in [-0.2, -0.15) is 0 Å². The average molecular weight is 555 g/mol. The van der Waals surface area contributed by atoms with Crippen molar-refractivity contribution in [1.29, 1.82) is 0 Å². The lowest BCUT2D eigenvalue weighted by Crippen LogP contribution is -2.44. The highest BCUT2D eigenvalue weighted by atomic mass is 19.1. The summed E-state index contributed by atoms with van der Waals surface area (Å²) in [5.41, 5.74) is 1.47. The van der Waals surface area contributed by atoms with Crippen LogP contribution >= 0.6 is 0 Å². The second kappa shape index (κ2) is 13.5. The number of methoxy groups -OCH3 is 1. The number of nitrogens with one attached hydrogen (secondary N) is 3. The minimum atomic E-state index is -1.02. The van der Waals surface area contributed by atoms with Crippen molar-refractivity contribution >= 4 is 34.5 Å². The van der Waals surface area contributed by atoms with Gasteiger partial charge in [0.2, 0.25) is 11.8 Å². The Bertz CT molecular complexity index is 1460. The molecule has 0 saturated heterocycles. The van der Waals surface area contributed by atoms with Crippen LogP contribution in [-0.4, -0.2) is 64.6 Å². The SMILES string of the molecule is COC(=O)NC(CCC=CC(=O)N(C)C)C(=O)Nc1cccn(Cc2cc3c(F)cnc(CC(C)C)c3[nH]2)c1=O. The average Bonchev–Trinajstić information content (AvgIpc) is 3.34. The molecule has 3 amide bonds. The van der Waals surface area contributed by atoms with Crippen molar-refractivity contribution in [1.82, 2.24) is 24.8 Å². The van der Waals surface area contributed by atoms with E-state index < -0.39 is 29.4 Å². The minimum absolute atomic E-state index is 0.00643. The Morgan fingerprint density at radius 1 is 1.27 bits per heavy atom. The molecule has 3 heterocycles. The molecular weight excluding hydrogens is 519 g/mol. The topological polar surface area (TPSA) is 138 Å². The third kappa shape index (κ3) is 7.78. The van der Waals surface area contributed by atoms with E-state index in [9.17, 15) is 23.6 Å². The van der Waals surface area contributed by atoms with E-state index in [-0.39, 0.29) is 24.6 Å². The summed E-state index contributed by atoms with van der Waals surface area (Å²) in [5.74, 6) is -0.963. The Balaban J connectivity index is 1.78. The van der Waals surface area contributed by atoms with Gasteiger partial charge in [-0.15, -0.1) is 0 Å². The lowest BCUT2D eigenvalue weighted by molar-refractivity contribution is -0.123. The van der Waals surface area contributed by atoms with Crippen molar-refractivity contribution in [3.63, 3.8) is 0 Å². The molecule has 3 rings (SSSR count). The van der Waals surface area contributed by atoms with E-state index in [1.54, 1.807) is 38.5 Å². The molecule has 0 bridgehead atoms. The number of carbonyl (C=O) groups excluding carboxylic acids is 3. The molecule has 1 unspecified atom stereocenters. The van der Waals surface area contributed by atoms with Crippen molar-refractivity contribution in [3.05, 3.63) is 70.3 Å². The molecule has 0 saturated carbocycles. The van der Waals surface area contributed by atoms with Gasteiger partial charge in [-0.25, -0.2) is 9.18 Å². The first-order chi connectivity index (χ1) is 19.0. The number of aromatic nitrogens is 3. The zero-order valence-electron chi connectivity index (χ0n) is 23.3. The summed E-state index contributed by atoms with van der Waals surface area (Å²) in [6.07, 6.45) is 6.07. The van der Waals surface area contributed by atoms with Crippen LogP contribution in [-0.2, 0) is 27.3 Å². The molecule has 0 aliphatic rings. The maximum atomic E-state index is 14.5. The number of carbonyl (C=O) groups is 3. The van der Waals surface area contributed by atoms with Gasteiger partial charge >= 0.3 is 6.09 Å². The molecule has 214 valence electrons. The fraction of sp³-hybridized carbons (Fsp3) is 0.393. The van der Waals surface area contributed by atoms with Gasteiger partial charge < -0.3 is 29.8 Å². The van der Waals surface area contributed by atoms with E-state index >= 15 is 0 Å². The van der Waals surface area contributed by atoms with Crippen molar-refractivity contribution < 1.29 is 23.5 Å². The number of likely N-dealkylation sites (N-methyl/N-ethyl adjacent to an activating group) is 1. The van der Waals surface area contributed by atoms with Gasteiger partial charge in [-0.05, 0) is 49.5 Å². The van der Waals surface area contributed by atoms with Gasteiger partial charge in [-0.1, -0.05) is 19.9 Å². The molecule has 0 fully saturated rings. The fourth-order valence-electron chi connectivity index (χ4n) is 4.05. The van der Waals surface area contributed by atoms with E-state index in [0.29, 0.717) is 35.4 Å². The number of fused-ring (bicyclic) bond motifs is 1. The predicted molar refractivity (Wildman–Crippen MR) is 149 cm³/mol. The molecule has 0 aliphatic heterocycles. The lowest BCUT2D eigenvalue weighted by atomic mass is 10.1. The molecule has 0 aromatic carbocycles. The number of hydrogen-bond acceptors (Lipinski definition) is 6. The second-order valence-electron chi connectivity index (χ2n) is 9.98. The summed E-state index contributed by atoms with van der Waals surface area (Å²) >= 11 is 0. The summed E-state index contributed by atoms with van der Waals surface area (Å²) in [7, 11) is 4.41. The molecule has 0 radical (unpaired) electrons. The molecule has 3 N–H and O–H groups in total. The summed E-state index contributed by atoms with van der Waals surface area (Å²) in [4.78, 5) is 58.6. The van der Waals surface area contributed by atoms with Crippen LogP contribution in [0.2, 0.25) is 0 Å². The monoisotopic (exact) mass is 554 g/mol. The number of ether oxygens (including phenoxy) is 1. The van der Waals surface area contributed by atoms with Crippen LogP contribution in [0.15, 0.2) is 47.5 Å². The number of allylic oxidation sites excluding steroid dienone is 1. The predicted octanol–water partition coefficient (Wildman–Crippen LogP) is 3.20. The molecule has 0 aliphatic carbocycles. The Morgan fingerprint density at radius 3 is 2.70 bits per heavy atom. The van der Waals surface area contributed by atoms with E-state index in [2.05, 4.69) is 25.3 Å². The maximum absolute atomic E-state index is 14.5. The number of H-pyrrole nitrogens is 1. The normalized spacial score (nSPS) is 12.1. The van der Waals surface area contributed by atoms with Gasteiger partial charge in [0.1, 0.15) is 11.7 Å². The van der Waals surface area contributed by atoms with Crippen molar-refractivity contribution in [2.45, 2.75) is 45.7 Å². The maximum Gasteiger partial charge on any atom is 0.407 e. The van der Waals surface area contributed by atoms with Crippen LogP contribution in [0.1, 0.15) is 38.1 Å².